The highest BCUT2D eigenvalue weighted by Crippen LogP contribution is 2.37. The number of ether oxygens (including phenoxy) is 2. The van der Waals surface area contributed by atoms with Gasteiger partial charge in [-0.2, -0.15) is 0 Å². The fourth-order valence-electron chi connectivity index (χ4n) is 2.69. The summed E-state index contributed by atoms with van der Waals surface area (Å²) in [6.45, 7) is 5.04. The van der Waals surface area contributed by atoms with Gasteiger partial charge in [0, 0.05) is 6.61 Å². The van der Waals surface area contributed by atoms with Crippen LogP contribution in [0.15, 0.2) is 24.3 Å². The lowest BCUT2D eigenvalue weighted by Crippen LogP contribution is -2.54. The van der Waals surface area contributed by atoms with Crippen LogP contribution in [0.5, 0.6) is 5.75 Å². The second-order valence-electron chi connectivity index (χ2n) is 5.63. The zero-order valence-corrected chi connectivity index (χ0v) is 11.4. The number of nitrogens with zero attached hydrogens (tertiary/aromatic N) is 1. The van der Waals surface area contributed by atoms with Gasteiger partial charge in [0.2, 0.25) is 0 Å². The average Bonchev–Trinajstić information content (AvgIpc) is 2.87. The normalized spacial score (nSPS) is 25.1. The van der Waals surface area contributed by atoms with Crippen molar-refractivity contribution < 1.29 is 14.3 Å². The van der Waals surface area contributed by atoms with E-state index < -0.39 is 5.60 Å². The summed E-state index contributed by atoms with van der Waals surface area (Å²) in [4.78, 5) is 14.4. The number of carbonyl (C=O) groups is 1. The Morgan fingerprint density at radius 2 is 2.16 bits per heavy atom. The van der Waals surface area contributed by atoms with E-state index in [0.717, 1.165) is 30.9 Å². The number of anilines is 1. The van der Waals surface area contributed by atoms with Crippen LogP contribution in [0, 0.1) is 0 Å². The van der Waals surface area contributed by atoms with Crippen LogP contribution in [0.3, 0.4) is 0 Å². The molecule has 0 aliphatic carbocycles. The molecule has 2 aliphatic heterocycles. The molecule has 0 spiro atoms. The van der Waals surface area contributed by atoms with Crippen LogP contribution in [-0.2, 0) is 9.53 Å². The monoisotopic (exact) mass is 261 g/mol. The molecule has 1 aromatic rings. The van der Waals surface area contributed by atoms with Gasteiger partial charge in [0.1, 0.15) is 5.75 Å². The molecule has 4 heteroatoms. The third-order valence-electron chi connectivity index (χ3n) is 3.69. The van der Waals surface area contributed by atoms with Crippen molar-refractivity contribution in [1.29, 1.82) is 0 Å². The molecule has 0 radical (unpaired) electrons. The summed E-state index contributed by atoms with van der Waals surface area (Å²) >= 11 is 0. The Balaban J connectivity index is 1.93. The lowest BCUT2D eigenvalue weighted by molar-refractivity contribution is -0.133. The zero-order chi connectivity index (χ0) is 13.5. The first-order valence-corrected chi connectivity index (χ1v) is 6.79. The van der Waals surface area contributed by atoms with Crippen LogP contribution >= 0.6 is 0 Å². The largest absolute Gasteiger partial charge is 0.476 e. The summed E-state index contributed by atoms with van der Waals surface area (Å²) in [5, 5.41) is 0. The van der Waals surface area contributed by atoms with Gasteiger partial charge >= 0.3 is 0 Å². The Morgan fingerprint density at radius 1 is 1.37 bits per heavy atom. The maximum Gasteiger partial charge on any atom is 0.270 e. The highest BCUT2D eigenvalue weighted by Gasteiger charge is 2.41. The Kier molecular flexibility index (Phi) is 2.97. The first-order chi connectivity index (χ1) is 9.08. The molecule has 102 valence electrons. The van der Waals surface area contributed by atoms with Crippen molar-refractivity contribution in [2.24, 2.45) is 0 Å². The van der Waals surface area contributed by atoms with Gasteiger partial charge < -0.3 is 14.4 Å². The highest BCUT2D eigenvalue weighted by molar-refractivity contribution is 6.02. The molecule has 2 heterocycles. The molecule has 19 heavy (non-hydrogen) atoms. The summed E-state index contributed by atoms with van der Waals surface area (Å²) in [5.41, 5.74) is 0.0368. The topological polar surface area (TPSA) is 38.8 Å². The molecule has 1 aromatic carbocycles. The van der Waals surface area contributed by atoms with E-state index in [1.807, 2.05) is 43.0 Å². The highest BCUT2D eigenvalue weighted by atomic mass is 16.5. The fraction of sp³-hybridized carbons (Fsp3) is 0.533. The maximum atomic E-state index is 12.5. The minimum absolute atomic E-state index is 0.00157. The van der Waals surface area contributed by atoms with E-state index in [1.54, 1.807) is 0 Å². The van der Waals surface area contributed by atoms with Crippen molar-refractivity contribution in [2.75, 3.05) is 18.1 Å². The first kappa shape index (κ1) is 12.5. The molecular weight excluding hydrogens is 242 g/mol. The van der Waals surface area contributed by atoms with E-state index in [2.05, 4.69) is 0 Å². The van der Waals surface area contributed by atoms with Crippen molar-refractivity contribution in [2.45, 2.75) is 38.4 Å². The van der Waals surface area contributed by atoms with Gasteiger partial charge in [-0.05, 0) is 38.8 Å². The van der Waals surface area contributed by atoms with Crippen LogP contribution in [0.25, 0.3) is 0 Å². The number of rotatable bonds is 2. The Bertz CT molecular complexity index is 492. The molecule has 1 saturated heterocycles. The quantitative estimate of drug-likeness (QED) is 0.820. The molecule has 0 saturated carbocycles. The molecular formula is C15H19NO3. The fourth-order valence-corrected chi connectivity index (χ4v) is 2.69. The van der Waals surface area contributed by atoms with Crippen molar-refractivity contribution in [1.82, 2.24) is 0 Å². The SMILES string of the molecule is CC1(C)Oc2ccccc2N(CC2CCCO2)C1=O. The Morgan fingerprint density at radius 3 is 2.89 bits per heavy atom. The molecule has 4 nitrogen and oxygen atoms in total. The number of amides is 1. The van der Waals surface area contributed by atoms with E-state index in [0.29, 0.717) is 6.54 Å². The number of hydrogen-bond acceptors (Lipinski definition) is 3. The number of hydrogen-bond donors (Lipinski definition) is 0. The summed E-state index contributed by atoms with van der Waals surface area (Å²) in [5.74, 6) is 0.770. The van der Waals surface area contributed by atoms with Crippen LogP contribution in [0.4, 0.5) is 5.69 Å². The molecule has 2 aliphatic rings. The van der Waals surface area contributed by atoms with Gasteiger partial charge in [-0.15, -0.1) is 0 Å². The molecule has 1 amide bonds. The predicted octanol–water partition coefficient (Wildman–Crippen LogP) is 2.37. The molecule has 1 unspecified atom stereocenters. The Hall–Kier alpha value is -1.55. The number of para-hydroxylation sites is 2. The van der Waals surface area contributed by atoms with Gasteiger partial charge in [-0.3, -0.25) is 4.79 Å². The smallest absolute Gasteiger partial charge is 0.270 e. The van der Waals surface area contributed by atoms with Crippen molar-refractivity contribution in [3.8, 4) is 5.75 Å². The van der Waals surface area contributed by atoms with E-state index in [1.165, 1.54) is 0 Å². The van der Waals surface area contributed by atoms with Gasteiger partial charge in [0.25, 0.3) is 5.91 Å². The van der Waals surface area contributed by atoms with Crippen LogP contribution in [0.1, 0.15) is 26.7 Å². The molecule has 1 atom stereocenters. The number of carbonyl (C=O) groups excluding carboxylic acids is 1. The van der Waals surface area contributed by atoms with Crippen molar-refractivity contribution in [3.63, 3.8) is 0 Å². The summed E-state index contributed by atoms with van der Waals surface area (Å²) in [6, 6.07) is 7.69. The summed E-state index contributed by atoms with van der Waals surface area (Å²) < 4.78 is 11.4. The minimum Gasteiger partial charge on any atom is -0.476 e. The molecule has 1 fully saturated rings. The van der Waals surface area contributed by atoms with Gasteiger partial charge in [-0.25, -0.2) is 0 Å². The van der Waals surface area contributed by atoms with Crippen molar-refractivity contribution >= 4 is 11.6 Å². The lowest BCUT2D eigenvalue weighted by Gasteiger charge is -2.39. The molecule has 0 aromatic heterocycles. The third kappa shape index (κ3) is 2.21. The van der Waals surface area contributed by atoms with E-state index in [9.17, 15) is 4.79 Å². The molecule has 0 bridgehead atoms. The summed E-state index contributed by atoms with van der Waals surface area (Å²) in [6.07, 6.45) is 2.24. The zero-order valence-electron chi connectivity index (χ0n) is 11.4. The number of fused-ring (bicyclic) bond motifs is 1. The van der Waals surface area contributed by atoms with Gasteiger partial charge in [0.15, 0.2) is 5.60 Å². The second-order valence-corrected chi connectivity index (χ2v) is 5.63. The lowest BCUT2D eigenvalue weighted by atomic mass is 10.0. The number of benzene rings is 1. The third-order valence-corrected chi connectivity index (χ3v) is 3.69. The van der Waals surface area contributed by atoms with Crippen molar-refractivity contribution in [3.05, 3.63) is 24.3 Å². The first-order valence-electron chi connectivity index (χ1n) is 6.79. The second kappa shape index (κ2) is 4.53. The van der Waals surface area contributed by atoms with Crippen LogP contribution in [0.2, 0.25) is 0 Å². The Labute approximate surface area is 113 Å². The molecule has 3 rings (SSSR count). The average molecular weight is 261 g/mol. The maximum absolute atomic E-state index is 12.5. The van der Waals surface area contributed by atoms with Crippen LogP contribution < -0.4 is 9.64 Å². The van der Waals surface area contributed by atoms with Crippen LogP contribution in [-0.4, -0.2) is 30.8 Å². The van der Waals surface area contributed by atoms with E-state index in [-0.39, 0.29) is 12.0 Å². The van der Waals surface area contributed by atoms with Gasteiger partial charge in [0.05, 0.1) is 18.3 Å². The van der Waals surface area contributed by atoms with E-state index in [4.69, 9.17) is 9.47 Å². The van der Waals surface area contributed by atoms with Gasteiger partial charge in [-0.1, -0.05) is 12.1 Å². The standard InChI is InChI=1S/C15H19NO3/c1-15(2)14(17)16(10-11-6-5-9-18-11)12-7-3-4-8-13(12)19-15/h3-4,7-8,11H,5-6,9-10H2,1-2H3. The summed E-state index contributed by atoms with van der Waals surface area (Å²) in [7, 11) is 0. The minimum atomic E-state index is -0.813. The van der Waals surface area contributed by atoms with E-state index >= 15 is 0 Å². The molecule has 0 N–H and O–H groups in total. The predicted molar refractivity (Wildman–Crippen MR) is 72.5 cm³/mol.